The molecule has 0 spiro atoms. The molecule has 0 amide bonds. The molecule has 0 fully saturated rings. The number of hydrogen-bond donors (Lipinski definition) is 1. The van der Waals surface area contributed by atoms with E-state index in [4.69, 9.17) is 29.0 Å². The van der Waals surface area contributed by atoms with Crippen LogP contribution in [0.5, 0.6) is 0 Å². The smallest absolute Gasteiger partial charge is 0.216 e. The third-order valence-corrected chi connectivity index (χ3v) is 4.93. The maximum absolute atomic E-state index is 6.09. The second kappa shape index (κ2) is 6.75. The van der Waals surface area contributed by atoms with Crippen LogP contribution in [0.15, 0.2) is 40.5 Å². The Labute approximate surface area is 162 Å². The SMILES string of the molecule is CCc1nnc(Sc2ccc3nnc(-c4cc(Cl)cc(Cl)c4)n3n2)n1N. The van der Waals surface area contributed by atoms with Gasteiger partial charge in [-0.1, -0.05) is 30.1 Å². The molecule has 0 atom stereocenters. The molecular weight excluding hydrogens is 395 g/mol. The van der Waals surface area contributed by atoms with E-state index in [0.717, 1.165) is 5.56 Å². The average Bonchev–Trinajstić information content (AvgIpc) is 3.18. The van der Waals surface area contributed by atoms with Crippen LogP contribution in [0.1, 0.15) is 12.7 Å². The number of nitrogens with zero attached hydrogens (tertiary/aromatic N) is 7. The lowest BCUT2D eigenvalue weighted by Gasteiger charge is -2.04. The van der Waals surface area contributed by atoms with E-state index in [1.807, 2.05) is 19.1 Å². The predicted octanol–water partition coefficient (Wildman–Crippen LogP) is 3.12. The van der Waals surface area contributed by atoms with Gasteiger partial charge in [-0.05, 0) is 42.1 Å². The summed E-state index contributed by atoms with van der Waals surface area (Å²) in [5.74, 6) is 7.23. The van der Waals surface area contributed by atoms with Crippen LogP contribution in [0.25, 0.3) is 17.0 Å². The predicted molar refractivity (Wildman–Crippen MR) is 99.9 cm³/mol. The minimum absolute atomic E-state index is 0.512. The summed E-state index contributed by atoms with van der Waals surface area (Å²) in [4.78, 5) is 0. The van der Waals surface area contributed by atoms with Gasteiger partial charge in [0.2, 0.25) is 5.16 Å². The molecule has 0 unspecified atom stereocenters. The third-order valence-electron chi connectivity index (χ3n) is 3.61. The van der Waals surface area contributed by atoms with Crippen LogP contribution in [0.2, 0.25) is 10.0 Å². The van der Waals surface area contributed by atoms with Gasteiger partial charge in [0, 0.05) is 22.0 Å². The molecule has 3 aromatic heterocycles. The van der Waals surface area contributed by atoms with E-state index < -0.39 is 0 Å². The second-order valence-corrected chi connectivity index (χ2v) is 7.21. The van der Waals surface area contributed by atoms with Gasteiger partial charge in [0.15, 0.2) is 17.3 Å². The normalized spacial score (nSPS) is 11.3. The van der Waals surface area contributed by atoms with E-state index >= 15 is 0 Å². The Morgan fingerprint density at radius 2 is 1.81 bits per heavy atom. The summed E-state index contributed by atoms with van der Waals surface area (Å²) in [6.07, 6.45) is 0.696. The van der Waals surface area contributed by atoms with E-state index in [2.05, 4.69) is 25.5 Å². The Hall–Kier alpha value is -2.36. The van der Waals surface area contributed by atoms with E-state index in [0.29, 0.717) is 43.9 Å². The van der Waals surface area contributed by atoms with Gasteiger partial charge in [-0.25, -0.2) is 4.68 Å². The molecule has 2 N–H and O–H groups in total. The zero-order chi connectivity index (χ0) is 18.3. The Kier molecular flexibility index (Phi) is 4.43. The first-order valence-electron chi connectivity index (χ1n) is 7.61. The molecule has 132 valence electrons. The van der Waals surface area contributed by atoms with Crippen molar-refractivity contribution in [1.29, 1.82) is 0 Å². The van der Waals surface area contributed by atoms with Crippen molar-refractivity contribution in [3.05, 3.63) is 46.2 Å². The zero-order valence-electron chi connectivity index (χ0n) is 13.5. The highest BCUT2D eigenvalue weighted by atomic mass is 35.5. The highest BCUT2D eigenvalue weighted by Gasteiger charge is 2.14. The number of rotatable bonds is 4. The summed E-state index contributed by atoms with van der Waals surface area (Å²) in [5.41, 5.74) is 1.32. The first-order chi connectivity index (χ1) is 12.5. The maximum atomic E-state index is 6.09. The lowest BCUT2D eigenvalue weighted by atomic mass is 10.2. The lowest BCUT2D eigenvalue weighted by molar-refractivity contribution is 0.790. The molecule has 0 aliphatic rings. The Morgan fingerprint density at radius 1 is 1.04 bits per heavy atom. The fraction of sp³-hybridized carbons (Fsp3) is 0.133. The fourth-order valence-corrected chi connectivity index (χ4v) is 3.66. The molecule has 0 aliphatic carbocycles. The van der Waals surface area contributed by atoms with Gasteiger partial charge in [-0.15, -0.1) is 20.4 Å². The van der Waals surface area contributed by atoms with Gasteiger partial charge in [0.25, 0.3) is 0 Å². The number of nitrogen functional groups attached to an aromatic ring is 1. The van der Waals surface area contributed by atoms with E-state index in [1.165, 1.54) is 16.4 Å². The molecule has 26 heavy (non-hydrogen) atoms. The quantitative estimate of drug-likeness (QED) is 0.519. The third kappa shape index (κ3) is 3.09. The van der Waals surface area contributed by atoms with Crippen molar-refractivity contribution in [2.75, 3.05) is 5.84 Å². The monoisotopic (exact) mass is 406 g/mol. The summed E-state index contributed by atoms with van der Waals surface area (Å²) in [6.45, 7) is 1.96. The van der Waals surface area contributed by atoms with Gasteiger partial charge in [-0.3, -0.25) is 0 Å². The van der Waals surface area contributed by atoms with Crippen LogP contribution in [-0.2, 0) is 6.42 Å². The summed E-state index contributed by atoms with van der Waals surface area (Å²) >= 11 is 13.5. The largest absolute Gasteiger partial charge is 0.336 e. The number of nitrogens with two attached hydrogens (primary N) is 1. The van der Waals surface area contributed by atoms with Crippen LogP contribution in [-0.4, -0.2) is 34.7 Å². The molecule has 0 radical (unpaired) electrons. The maximum Gasteiger partial charge on any atom is 0.216 e. The van der Waals surface area contributed by atoms with Crippen molar-refractivity contribution in [2.45, 2.75) is 23.5 Å². The average molecular weight is 407 g/mol. The summed E-state index contributed by atoms with van der Waals surface area (Å²) < 4.78 is 3.09. The Bertz CT molecular complexity index is 1090. The number of halogens is 2. The topological polar surface area (TPSA) is 99.8 Å². The first-order valence-corrected chi connectivity index (χ1v) is 9.18. The highest BCUT2D eigenvalue weighted by molar-refractivity contribution is 7.99. The van der Waals surface area contributed by atoms with Crippen LogP contribution in [0, 0.1) is 0 Å². The molecule has 4 rings (SSSR count). The van der Waals surface area contributed by atoms with Crippen molar-refractivity contribution in [3.63, 3.8) is 0 Å². The number of hydrogen-bond acceptors (Lipinski definition) is 7. The van der Waals surface area contributed by atoms with Crippen LogP contribution < -0.4 is 5.84 Å². The molecule has 11 heteroatoms. The molecule has 0 saturated heterocycles. The molecule has 4 aromatic rings. The lowest BCUT2D eigenvalue weighted by Crippen LogP contribution is -2.13. The number of fused-ring (bicyclic) bond motifs is 1. The Balaban J connectivity index is 1.75. The molecule has 0 aliphatic heterocycles. The van der Waals surface area contributed by atoms with Crippen molar-refractivity contribution < 1.29 is 0 Å². The van der Waals surface area contributed by atoms with Gasteiger partial charge in [0.1, 0.15) is 5.03 Å². The van der Waals surface area contributed by atoms with E-state index in [1.54, 1.807) is 22.7 Å². The molecule has 8 nitrogen and oxygen atoms in total. The second-order valence-electron chi connectivity index (χ2n) is 5.35. The summed E-state index contributed by atoms with van der Waals surface area (Å²) in [5, 5.41) is 23.3. The van der Waals surface area contributed by atoms with Gasteiger partial charge < -0.3 is 5.84 Å². The van der Waals surface area contributed by atoms with Crippen molar-refractivity contribution >= 4 is 40.6 Å². The van der Waals surface area contributed by atoms with Crippen LogP contribution in [0.3, 0.4) is 0 Å². The highest BCUT2D eigenvalue weighted by Crippen LogP contribution is 2.28. The minimum Gasteiger partial charge on any atom is -0.336 e. The van der Waals surface area contributed by atoms with Crippen molar-refractivity contribution in [1.82, 2.24) is 34.7 Å². The molecule has 0 saturated carbocycles. The van der Waals surface area contributed by atoms with Crippen molar-refractivity contribution in [2.24, 2.45) is 0 Å². The molecule has 1 aromatic carbocycles. The van der Waals surface area contributed by atoms with E-state index in [9.17, 15) is 0 Å². The van der Waals surface area contributed by atoms with Crippen LogP contribution >= 0.6 is 35.0 Å². The fourth-order valence-electron chi connectivity index (χ4n) is 2.40. The van der Waals surface area contributed by atoms with E-state index in [-0.39, 0.29) is 0 Å². The molecule has 3 heterocycles. The van der Waals surface area contributed by atoms with Gasteiger partial charge in [-0.2, -0.15) is 9.61 Å². The first kappa shape index (κ1) is 17.1. The minimum atomic E-state index is 0.512. The number of aromatic nitrogens is 7. The molecular formula is C15H12Cl2N8S. The zero-order valence-corrected chi connectivity index (χ0v) is 15.8. The van der Waals surface area contributed by atoms with Crippen LogP contribution in [0.4, 0.5) is 0 Å². The molecule has 0 bridgehead atoms. The number of aryl methyl sites for hydroxylation is 1. The summed E-state index contributed by atoms with van der Waals surface area (Å²) in [6, 6.07) is 8.81. The van der Waals surface area contributed by atoms with Crippen molar-refractivity contribution in [3.8, 4) is 11.4 Å². The van der Waals surface area contributed by atoms with Gasteiger partial charge in [0.05, 0.1) is 0 Å². The van der Waals surface area contributed by atoms with Gasteiger partial charge >= 0.3 is 0 Å². The summed E-state index contributed by atoms with van der Waals surface area (Å²) in [7, 11) is 0. The Morgan fingerprint density at radius 3 is 2.50 bits per heavy atom. The standard InChI is InChI=1S/C15H12Cl2N8S/c1-2-11-19-22-15(24(11)18)26-13-4-3-12-20-21-14(25(12)23-13)8-5-9(16)7-10(17)6-8/h3-7H,2,18H2,1H3. The number of benzene rings is 1.